The summed E-state index contributed by atoms with van der Waals surface area (Å²) in [7, 11) is 0. The van der Waals surface area contributed by atoms with Gasteiger partial charge in [0.05, 0.1) is 0 Å². The van der Waals surface area contributed by atoms with E-state index in [1.54, 1.807) is 18.2 Å². The van der Waals surface area contributed by atoms with Crippen molar-refractivity contribution in [3.63, 3.8) is 0 Å². The Morgan fingerprint density at radius 3 is 2.21 bits per heavy atom. The van der Waals surface area contributed by atoms with Gasteiger partial charge in [0.15, 0.2) is 0 Å². The molecule has 0 heterocycles. The second-order valence-electron chi connectivity index (χ2n) is 3.41. The lowest BCUT2D eigenvalue weighted by molar-refractivity contribution is 0.128. The first kappa shape index (κ1) is 10.6. The van der Waals surface area contributed by atoms with Crippen molar-refractivity contribution in [2.75, 3.05) is 0 Å². The third-order valence-electron chi connectivity index (χ3n) is 2.18. The second-order valence-corrected chi connectivity index (χ2v) is 5.58. The maximum absolute atomic E-state index is 5.85. The fraction of sp³-hybridized carbons (Fsp3) is 0.400. The molecule has 0 aliphatic heterocycles. The Morgan fingerprint density at radius 2 is 1.71 bits per heavy atom. The minimum atomic E-state index is 0.300. The van der Waals surface area contributed by atoms with E-state index in [0.717, 1.165) is 18.6 Å². The molecule has 14 heavy (non-hydrogen) atoms. The maximum Gasteiger partial charge on any atom is 0.122 e. The van der Waals surface area contributed by atoms with Crippen LogP contribution in [-0.2, 0) is 0 Å². The molecule has 0 amide bonds. The van der Waals surface area contributed by atoms with Gasteiger partial charge in [0, 0.05) is 14.9 Å². The summed E-state index contributed by atoms with van der Waals surface area (Å²) >= 11 is 15.2. The molecule has 0 unspecified atom stereocenters. The first-order valence-corrected chi connectivity index (χ1v) is 6.07. The number of benzene rings is 1. The zero-order valence-corrected chi connectivity index (χ0v) is 10.4. The van der Waals surface area contributed by atoms with Crippen molar-refractivity contribution in [1.29, 1.82) is 0 Å². The number of ether oxygens (including phenoxy) is 1. The molecule has 1 nitrogen and oxygen atoms in total. The number of hydrogen-bond donors (Lipinski definition) is 0. The van der Waals surface area contributed by atoms with Crippen molar-refractivity contribution in [3.8, 4) is 5.75 Å². The van der Waals surface area contributed by atoms with E-state index in [4.69, 9.17) is 27.9 Å². The molecule has 0 bridgehead atoms. The molecule has 4 heteroatoms. The zero-order chi connectivity index (χ0) is 10.1. The monoisotopic (exact) mass is 294 g/mol. The highest BCUT2D eigenvalue weighted by molar-refractivity contribution is 9.09. The Kier molecular flexibility index (Phi) is 3.25. The highest BCUT2D eigenvalue weighted by Gasteiger charge is 2.28. The van der Waals surface area contributed by atoms with Crippen LogP contribution in [0.2, 0.25) is 10.0 Å². The van der Waals surface area contributed by atoms with Gasteiger partial charge < -0.3 is 4.74 Å². The normalized spacial score (nSPS) is 25.6. The van der Waals surface area contributed by atoms with Gasteiger partial charge in [0.25, 0.3) is 0 Å². The summed E-state index contributed by atoms with van der Waals surface area (Å²) in [6.45, 7) is 0. The van der Waals surface area contributed by atoms with Crippen LogP contribution in [0, 0.1) is 0 Å². The molecule has 0 N–H and O–H groups in total. The first-order chi connectivity index (χ1) is 6.63. The molecule has 1 aliphatic rings. The molecular formula is C10H9BrCl2O. The minimum Gasteiger partial charge on any atom is -0.490 e. The summed E-state index contributed by atoms with van der Waals surface area (Å²) in [4.78, 5) is 0.599. The Hall–Kier alpha value is 0.0800. The van der Waals surface area contributed by atoms with Crippen LogP contribution in [0.15, 0.2) is 18.2 Å². The summed E-state index contributed by atoms with van der Waals surface area (Å²) in [6.07, 6.45) is 2.39. The predicted octanol–water partition coefficient (Wildman–Crippen LogP) is 4.30. The second kappa shape index (κ2) is 4.30. The molecule has 0 atom stereocenters. The number of alkyl halides is 1. The van der Waals surface area contributed by atoms with Crippen LogP contribution in [0.4, 0.5) is 0 Å². The van der Waals surface area contributed by atoms with E-state index in [2.05, 4.69) is 15.9 Å². The summed E-state index contributed by atoms with van der Waals surface area (Å²) in [5.74, 6) is 0.756. The van der Waals surface area contributed by atoms with E-state index in [9.17, 15) is 0 Å². The molecule has 0 radical (unpaired) electrons. The van der Waals surface area contributed by atoms with Gasteiger partial charge in [-0.25, -0.2) is 0 Å². The summed E-state index contributed by atoms with van der Waals surface area (Å²) < 4.78 is 5.68. The van der Waals surface area contributed by atoms with Gasteiger partial charge in [-0.2, -0.15) is 0 Å². The van der Waals surface area contributed by atoms with Gasteiger partial charge in [-0.1, -0.05) is 39.1 Å². The lowest BCUT2D eigenvalue weighted by Gasteiger charge is -2.31. The van der Waals surface area contributed by atoms with Crippen molar-refractivity contribution < 1.29 is 4.74 Å². The van der Waals surface area contributed by atoms with Crippen molar-refractivity contribution in [2.45, 2.75) is 23.8 Å². The quantitative estimate of drug-likeness (QED) is 0.739. The Bertz CT molecular complexity index is 317. The van der Waals surface area contributed by atoms with E-state index in [0.29, 0.717) is 21.0 Å². The highest BCUT2D eigenvalue weighted by Crippen LogP contribution is 2.32. The van der Waals surface area contributed by atoms with E-state index in [1.165, 1.54) is 0 Å². The molecule has 1 saturated carbocycles. The molecular weight excluding hydrogens is 287 g/mol. The number of halogens is 3. The van der Waals surface area contributed by atoms with Crippen LogP contribution >= 0.6 is 39.1 Å². The predicted molar refractivity (Wildman–Crippen MR) is 62.8 cm³/mol. The lowest BCUT2D eigenvalue weighted by Crippen LogP contribution is -2.33. The molecule has 0 saturated heterocycles. The van der Waals surface area contributed by atoms with E-state index in [1.807, 2.05) is 0 Å². The van der Waals surface area contributed by atoms with Gasteiger partial charge in [0.1, 0.15) is 11.9 Å². The average Bonchev–Trinajstić information content (AvgIpc) is 1.99. The van der Waals surface area contributed by atoms with Gasteiger partial charge in [-0.3, -0.25) is 0 Å². The Morgan fingerprint density at radius 1 is 1.14 bits per heavy atom. The topological polar surface area (TPSA) is 9.23 Å². The third-order valence-corrected chi connectivity index (χ3v) is 3.36. The smallest absolute Gasteiger partial charge is 0.122 e. The van der Waals surface area contributed by atoms with Crippen LogP contribution in [0.3, 0.4) is 0 Å². The first-order valence-electron chi connectivity index (χ1n) is 4.40. The summed E-state index contributed by atoms with van der Waals surface area (Å²) in [5.41, 5.74) is 0. The molecule has 0 spiro atoms. The molecule has 0 aromatic heterocycles. The van der Waals surface area contributed by atoms with Gasteiger partial charge in [0.2, 0.25) is 0 Å². The third kappa shape index (κ3) is 2.56. The summed E-state index contributed by atoms with van der Waals surface area (Å²) in [6, 6.07) is 5.27. The van der Waals surface area contributed by atoms with Gasteiger partial charge in [-0.05, 0) is 31.0 Å². The Balaban J connectivity index is 2.02. The minimum absolute atomic E-state index is 0.300. The van der Waals surface area contributed by atoms with Gasteiger partial charge >= 0.3 is 0 Å². The number of hydrogen-bond acceptors (Lipinski definition) is 1. The fourth-order valence-corrected chi connectivity index (χ4v) is 2.73. The van der Waals surface area contributed by atoms with Crippen LogP contribution in [0.25, 0.3) is 0 Å². The zero-order valence-electron chi connectivity index (χ0n) is 7.34. The van der Waals surface area contributed by atoms with Crippen LogP contribution < -0.4 is 4.74 Å². The van der Waals surface area contributed by atoms with E-state index >= 15 is 0 Å². The van der Waals surface area contributed by atoms with Crippen molar-refractivity contribution in [1.82, 2.24) is 0 Å². The van der Waals surface area contributed by atoms with Gasteiger partial charge in [-0.15, -0.1) is 0 Å². The highest BCUT2D eigenvalue weighted by atomic mass is 79.9. The Labute approximate surface area is 101 Å². The summed E-state index contributed by atoms with van der Waals surface area (Å²) in [5, 5.41) is 1.23. The average molecular weight is 296 g/mol. The van der Waals surface area contributed by atoms with E-state index in [-0.39, 0.29) is 0 Å². The van der Waals surface area contributed by atoms with Crippen molar-refractivity contribution >= 4 is 39.1 Å². The molecule has 1 aromatic rings. The standard InChI is InChI=1S/C10H9BrCl2O/c11-6-1-9(2-6)14-10-4-7(12)3-8(13)5-10/h3-6,9H,1-2H2. The molecule has 1 aliphatic carbocycles. The van der Waals surface area contributed by atoms with E-state index < -0.39 is 0 Å². The maximum atomic E-state index is 5.85. The van der Waals surface area contributed by atoms with Crippen LogP contribution in [0.1, 0.15) is 12.8 Å². The largest absolute Gasteiger partial charge is 0.490 e. The van der Waals surface area contributed by atoms with Crippen molar-refractivity contribution in [2.24, 2.45) is 0 Å². The fourth-order valence-electron chi connectivity index (χ4n) is 1.39. The molecule has 1 fully saturated rings. The molecule has 2 rings (SSSR count). The van der Waals surface area contributed by atoms with Crippen LogP contribution in [-0.4, -0.2) is 10.9 Å². The number of rotatable bonds is 2. The molecule has 76 valence electrons. The lowest BCUT2D eigenvalue weighted by atomic mass is 9.96. The van der Waals surface area contributed by atoms with Crippen LogP contribution in [0.5, 0.6) is 5.75 Å². The SMILES string of the molecule is Clc1cc(Cl)cc(OC2CC(Br)C2)c1. The molecule has 1 aromatic carbocycles. The van der Waals surface area contributed by atoms with Crippen molar-refractivity contribution in [3.05, 3.63) is 28.2 Å².